The number of anilines is 1. The number of imidazole rings is 1. The van der Waals surface area contributed by atoms with E-state index in [4.69, 9.17) is 9.47 Å². The highest BCUT2D eigenvalue weighted by atomic mass is 16.5. The van der Waals surface area contributed by atoms with Gasteiger partial charge in [-0.15, -0.1) is 0 Å². The fourth-order valence-electron chi connectivity index (χ4n) is 4.77. The summed E-state index contributed by atoms with van der Waals surface area (Å²) in [6.07, 6.45) is 2.22. The van der Waals surface area contributed by atoms with Gasteiger partial charge in [-0.05, 0) is 25.0 Å². The van der Waals surface area contributed by atoms with E-state index in [2.05, 4.69) is 25.6 Å². The third kappa shape index (κ3) is 5.54. The SMILES string of the molecule is O=C(COc1ccccc1)N[C@@H]1[C@H](O)[C@@H](CO)O[C@H]1n1cnc2c(NCCCN3CCCC3=O)ncnc21. The average molecular weight is 526 g/mol. The van der Waals surface area contributed by atoms with Crippen molar-refractivity contribution in [2.45, 2.75) is 43.7 Å². The van der Waals surface area contributed by atoms with E-state index in [0.29, 0.717) is 42.2 Å². The van der Waals surface area contributed by atoms with Gasteiger partial charge in [0, 0.05) is 26.1 Å². The molecule has 4 atom stereocenters. The van der Waals surface area contributed by atoms with Gasteiger partial charge >= 0.3 is 0 Å². The Kier molecular flexibility index (Phi) is 7.96. The Bertz CT molecular complexity index is 1260. The van der Waals surface area contributed by atoms with Crippen LogP contribution in [0.2, 0.25) is 0 Å². The van der Waals surface area contributed by atoms with Crippen molar-refractivity contribution in [3.63, 3.8) is 0 Å². The number of aromatic nitrogens is 4. The molecule has 38 heavy (non-hydrogen) atoms. The standard InChI is InChI=1S/C25H31N7O6/c33-12-17-22(36)20(30-18(34)13-37-16-6-2-1-3-7-16)25(38-17)32-15-29-21-23(27-14-28-24(21)32)26-9-5-11-31-10-4-8-19(31)35/h1-3,6-7,14-15,17,20,22,25,33,36H,4-5,8-13H2,(H,30,34)(H,26,27,28)/t17-,20-,22-,25-/m1/s1. The quantitative estimate of drug-likeness (QED) is 0.252. The van der Waals surface area contributed by atoms with Crippen LogP contribution in [0.25, 0.3) is 11.2 Å². The third-order valence-corrected chi connectivity index (χ3v) is 6.69. The molecule has 2 amide bonds. The van der Waals surface area contributed by atoms with E-state index in [9.17, 15) is 19.8 Å². The monoisotopic (exact) mass is 525 g/mol. The van der Waals surface area contributed by atoms with Crippen molar-refractivity contribution < 1.29 is 29.3 Å². The molecule has 2 aliphatic rings. The van der Waals surface area contributed by atoms with Crippen molar-refractivity contribution in [3.05, 3.63) is 43.0 Å². The first-order valence-corrected chi connectivity index (χ1v) is 12.7. The topological polar surface area (TPSA) is 164 Å². The maximum absolute atomic E-state index is 12.7. The molecular weight excluding hydrogens is 494 g/mol. The normalized spacial score (nSPS) is 23.2. The summed E-state index contributed by atoms with van der Waals surface area (Å²) in [7, 11) is 0. The summed E-state index contributed by atoms with van der Waals surface area (Å²) in [5.41, 5.74) is 0.931. The fourth-order valence-corrected chi connectivity index (χ4v) is 4.77. The summed E-state index contributed by atoms with van der Waals surface area (Å²) in [6, 6.07) is 8.03. The van der Waals surface area contributed by atoms with E-state index in [0.717, 1.165) is 19.4 Å². The highest BCUT2D eigenvalue weighted by Crippen LogP contribution is 2.32. The first-order valence-electron chi connectivity index (χ1n) is 12.7. The van der Waals surface area contributed by atoms with Gasteiger partial charge in [0.25, 0.3) is 5.91 Å². The fraction of sp³-hybridized carbons (Fsp3) is 0.480. The minimum Gasteiger partial charge on any atom is -0.484 e. The van der Waals surface area contributed by atoms with E-state index in [-0.39, 0.29) is 12.5 Å². The zero-order valence-corrected chi connectivity index (χ0v) is 20.8. The number of aliphatic hydroxyl groups excluding tert-OH is 2. The average Bonchev–Trinajstić information content (AvgIpc) is 3.63. The molecule has 0 saturated carbocycles. The number of likely N-dealkylation sites (tertiary alicyclic amines) is 1. The molecule has 0 unspecified atom stereocenters. The molecule has 0 spiro atoms. The van der Waals surface area contributed by atoms with Gasteiger partial charge in [0.1, 0.15) is 30.3 Å². The van der Waals surface area contributed by atoms with Crippen molar-refractivity contribution in [3.8, 4) is 5.75 Å². The lowest BCUT2D eigenvalue weighted by Gasteiger charge is -2.23. The number of rotatable bonds is 11. The maximum Gasteiger partial charge on any atom is 0.258 e. The summed E-state index contributed by atoms with van der Waals surface area (Å²) in [5.74, 6) is 0.806. The Labute approximate surface area is 218 Å². The number of carbonyl (C=O) groups excluding carboxylic acids is 2. The minimum atomic E-state index is -1.17. The van der Waals surface area contributed by atoms with Crippen LogP contribution in [-0.4, -0.2) is 97.5 Å². The van der Waals surface area contributed by atoms with Crippen LogP contribution < -0.4 is 15.4 Å². The summed E-state index contributed by atoms with van der Waals surface area (Å²) in [4.78, 5) is 39.4. The number of carbonyl (C=O) groups is 2. The number of nitrogens with zero attached hydrogens (tertiary/aromatic N) is 5. The molecule has 0 aliphatic carbocycles. The first-order chi connectivity index (χ1) is 18.5. The third-order valence-electron chi connectivity index (χ3n) is 6.69. The lowest BCUT2D eigenvalue weighted by atomic mass is 10.1. The molecule has 1 aromatic carbocycles. The van der Waals surface area contributed by atoms with Gasteiger partial charge in [0.15, 0.2) is 29.8 Å². The second-order valence-electron chi connectivity index (χ2n) is 9.24. The van der Waals surface area contributed by atoms with Crippen LogP contribution in [-0.2, 0) is 14.3 Å². The number of ether oxygens (including phenoxy) is 2. The Balaban J connectivity index is 1.27. The van der Waals surface area contributed by atoms with Crippen molar-refractivity contribution in [1.82, 2.24) is 29.7 Å². The molecule has 13 heteroatoms. The van der Waals surface area contributed by atoms with Crippen LogP contribution in [0.3, 0.4) is 0 Å². The van der Waals surface area contributed by atoms with Gasteiger partial charge in [-0.2, -0.15) is 0 Å². The minimum absolute atomic E-state index is 0.196. The lowest BCUT2D eigenvalue weighted by molar-refractivity contribution is -0.127. The van der Waals surface area contributed by atoms with E-state index in [1.54, 1.807) is 28.8 Å². The lowest BCUT2D eigenvalue weighted by Crippen LogP contribution is -2.48. The van der Waals surface area contributed by atoms with Gasteiger partial charge in [0.05, 0.1) is 12.9 Å². The summed E-state index contributed by atoms with van der Waals surface area (Å²) < 4.78 is 13.0. The molecule has 3 aromatic rings. The highest BCUT2D eigenvalue weighted by molar-refractivity contribution is 5.83. The molecule has 2 aromatic heterocycles. The van der Waals surface area contributed by atoms with Crippen LogP contribution in [0.1, 0.15) is 25.5 Å². The molecule has 2 aliphatic heterocycles. The largest absolute Gasteiger partial charge is 0.484 e. The van der Waals surface area contributed by atoms with Crippen molar-refractivity contribution in [2.24, 2.45) is 0 Å². The van der Waals surface area contributed by atoms with Crippen LogP contribution in [0.15, 0.2) is 43.0 Å². The molecule has 202 valence electrons. The number of nitrogens with one attached hydrogen (secondary N) is 2. The summed E-state index contributed by atoms with van der Waals surface area (Å²) >= 11 is 0. The van der Waals surface area contributed by atoms with E-state index >= 15 is 0 Å². The molecule has 0 bridgehead atoms. The predicted octanol–water partition coefficient (Wildman–Crippen LogP) is 0.0651. The van der Waals surface area contributed by atoms with Gasteiger partial charge in [-0.3, -0.25) is 14.2 Å². The highest BCUT2D eigenvalue weighted by Gasteiger charge is 2.45. The Morgan fingerprint density at radius 3 is 2.82 bits per heavy atom. The molecular formula is C25H31N7O6. The molecule has 4 N–H and O–H groups in total. The zero-order chi connectivity index (χ0) is 26.5. The van der Waals surface area contributed by atoms with Crippen molar-refractivity contribution >= 4 is 28.8 Å². The summed E-state index contributed by atoms with van der Waals surface area (Å²) in [5, 5.41) is 26.5. The molecule has 4 heterocycles. The number of amides is 2. The number of para-hydroxylation sites is 1. The van der Waals surface area contributed by atoms with Crippen LogP contribution in [0.5, 0.6) is 5.75 Å². The van der Waals surface area contributed by atoms with Crippen LogP contribution >= 0.6 is 0 Å². The second-order valence-corrected chi connectivity index (χ2v) is 9.24. The maximum atomic E-state index is 12.7. The number of hydrogen-bond donors (Lipinski definition) is 4. The number of hydrogen-bond acceptors (Lipinski definition) is 10. The van der Waals surface area contributed by atoms with E-state index in [1.165, 1.54) is 12.7 Å². The van der Waals surface area contributed by atoms with Crippen molar-refractivity contribution in [1.29, 1.82) is 0 Å². The smallest absolute Gasteiger partial charge is 0.258 e. The molecule has 2 fully saturated rings. The molecule has 5 rings (SSSR count). The first kappa shape index (κ1) is 25.8. The second kappa shape index (κ2) is 11.7. The van der Waals surface area contributed by atoms with E-state index in [1.807, 2.05) is 11.0 Å². The zero-order valence-electron chi connectivity index (χ0n) is 20.8. The molecule has 0 radical (unpaired) electrons. The van der Waals surface area contributed by atoms with Gasteiger partial charge in [-0.25, -0.2) is 15.0 Å². The van der Waals surface area contributed by atoms with E-state index < -0.39 is 37.0 Å². The van der Waals surface area contributed by atoms with Crippen LogP contribution in [0.4, 0.5) is 5.82 Å². The molecule has 2 saturated heterocycles. The Hall–Kier alpha value is -3.81. The number of benzene rings is 1. The number of aliphatic hydroxyl groups is 2. The summed E-state index contributed by atoms with van der Waals surface area (Å²) in [6.45, 7) is 1.39. The molecule has 13 nitrogen and oxygen atoms in total. The number of fused-ring (bicyclic) bond motifs is 1. The van der Waals surface area contributed by atoms with Crippen molar-refractivity contribution in [2.75, 3.05) is 38.2 Å². The van der Waals surface area contributed by atoms with Gasteiger partial charge < -0.3 is 35.2 Å². The van der Waals surface area contributed by atoms with Crippen LogP contribution in [0, 0.1) is 0 Å². The van der Waals surface area contributed by atoms with Gasteiger partial charge in [0.2, 0.25) is 5.91 Å². The Morgan fingerprint density at radius 1 is 1.21 bits per heavy atom. The Morgan fingerprint density at radius 2 is 2.05 bits per heavy atom. The van der Waals surface area contributed by atoms with Gasteiger partial charge in [-0.1, -0.05) is 18.2 Å². The predicted molar refractivity (Wildman–Crippen MR) is 135 cm³/mol.